The molecule has 0 bridgehead atoms. The molecule has 3 aromatic rings. The number of benzene rings is 2. The van der Waals surface area contributed by atoms with Gasteiger partial charge in [0.1, 0.15) is 5.82 Å². The zero-order valence-corrected chi connectivity index (χ0v) is 17.8. The van der Waals surface area contributed by atoms with Gasteiger partial charge in [-0.2, -0.15) is 0 Å². The molecule has 0 saturated heterocycles. The van der Waals surface area contributed by atoms with Gasteiger partial charge in [-0.05, 0) is 36.2 Å². The summed E-state index contributed by atoms with van der Waals surface area (Å²) >= 11 is 0. The summed E-state index contributed by atoms with van der Waals surface area (Å²) in [5, 5.41) is 9.97. The van der Waals surface area contributed by atoms with Crippen LogP contribution in [0.3, 0.4) is 0 Å². The van der Waals surface area contributed by atoms with Gasteiger partial charge in [-0.1, -0.05) is 24.3 Å². The molecule has 0 atom stereocenters. The predicted molar refractivity (Wildman–Crippen MR) is 122 cm³/mol. The molecule has 0 spiro atoms. The maximum Gasteiger partial charge on any atom is 0.243 e. The van der Waals surface area contributed by atoms with Crippen LogP contribution in [-0.2, 0) is 11.2 Å². The van der Waals surface area contributed by atoms with Crippen molar-refractivity contribution >= 4 is 52.4 Å². The van der Waals surface area contributed by atoms with Crippen LogP contribution in [0.4, 0.5) is 10.1 Å². The van der Waals surface area contributed by atoms with Crippen molar-refractivity contribution in [1.82, 2.24) is 15.6 Å². The second kappa shape index (κ2) is 10.6. The second-order valence-corrected chi connectivity index (χ2v) is 6.02. The molecule has 8 heteroatoms. The van der Waals surface area contributed by atoms with Gasteiger partial charge in [-0.3, -0.25) is 9.79 Å². The number of nitrogens with zero attached hydrogens (tertiary/aromatic N) is 1. The van der Waals surface area contributed by atoms with E-state index in [9.17, 15) is 9.18 Å². The highest BCUT2D eigenvalue weighted by Gasteiger charge is 2.06. The smallest absolute Gasteiger partial charge is 0.243 e. The molecule has 1 amide bonds. The zero-order valence-electron chi connectivity index (χ0n) is 15.5. The molecule has 3 rings (SSSR count). The van der Waals surface area contributed by atoms with E-state index in [2.05, 4.69) is 32.0 Å². The van der Waals surface area contributed by atoms with Gasteiger partial charge in [0.05, 0.1) is 6.54 Å². The summed E-state index contributed by atoms with van der Waals surface area (Å²) in [6.07, 6.45) is 2.83. The van der Waals surface area contributed by atoms with Gasteiger partial charge in [-0.15, -0.1) is 24.0 Å². The minimum Gasteiger partial charge on any atom is -0.361 e. The molecule has 0 unspecified atom stereocenters. The Labute approximate surface area is 180 Å². The number of nitrogens with one attached hydrogen (secondary N) is 4. The number of rotatable bonds is 6. The van der Waals surface area contributed by atoms with Gasteiger partial charge in [0.25, 0.3) is 0 Å². The molecule has 1 aromatic heterocycles. The number of aliphatic imine (C=N–C) groups is 1. The molecule has 28 heavy (non-hydrogen) atoms. The van der Waals surface area contributed by atoms with Crippen molar-refractivity contribution in [3.63, 3.8) is 0 Å². The molecule has 0 aliphatic heterocycles. The molecule has 0 saturated carbocycles. The number of fused-ring (bicyclic) bond motifs is 1. The molecule has 148 valence electrons. The average molecular weight is 495 g/mol. The first-order valence-corrected chi connectivity index (χ1v) is 8.70. The molecule has 0 fully saturated rings. The third kappa shape index (κ3) is 5.95. The summed E-state index contributed by atoms with van der Waals surface area (Å²) in [5.74, 6) is -0.139. The van der Waals surface area contributed by atoms with E-state index in [-0.39, 0.29) is 36.4 Å². The van der Waals surface area contributed by atoms with Crippen LogP contribution in [0.5, 0.6) is 0 Å². The van der Waals surface area contributed by atoms with Crippen LogP contribution in [0.2, 0.25) is 0 Å². The number of aromatic nitrogens is 1. The normalized spacial score (nSPS) is 11.0. The topological polar surface area (TPSA) is 81.3 Å². The van der Waals surface area contributed by atoms with Crippen LogP contribution in [0.15, 0.2) is 59.7 Å². The van der Waals surface area contributed by atoms with Crippen molar-refractivity contribution in [3.8, 4) is 0 Å². The number of anilines is 1. The number of H-pyrrole nitrogens is 1. The third-order valence-corrected chi connectivity index (χ3v) is 4.11. The lowest BCUT2D eigenvalue weighted by molar-refractivity contribution is -0.115. The zero-order chi connectivity index (χ0) is 19.1. The third-order valence-electron chi connectivity index (χ3n) is 4.11. The van der Waals surface area contributed by atoms with Crippen LogP contribution < -0.4 is 16.0 Å². The summed E-state index contributed by atoms with van der Waals surface area (Å²) in [6, 6.07) is 13.9. The highest BCUT2D eigenvalue weighted by Crippen LogP contribution is 2.17. The first kappa shape index (κ1) is 21.7. The van der Waals surface area contributed by atoms with Gasteiger partial charge in [0, 0.05) is 36.4 Å². The quantitative estimate of drug-likeness (QED) is 0.241. The van der Waals surface area contributed by atoms with E-state index in [1.165, 1.54) is 23.1 Å². The highest BCUT2D eigenvalue weighted by molar-refractivity contribution is 14.0. The van der Waals surface area contributed by atoms with E-state index in [1.54, 1.807) is 19.2 Å². The van der Waals surface area contributed by atoms with Crippen molar-refractivity contribution < 1.29 is 9.18 Å². The summed E-state index contributed by atoms with van der Waals surface area (Å²) in [6.45, 7) is 0.705. The number of halogens is 2. The Bertz CT molecular complexity index is 956. The van der Waals surface area contributed by atoms with Crippen molar-refractivity contribution in [2.45, 2.75) is 6.42 Å². The molecular formula is C20H23FIN5O. The average Bonchev–Trinajstić information content (AvgIpc) is 3.08. The molecule has 2 aromatic carbocycles. The molecular weight excluding hydrogens is 472 g/mol. The van der Waals surface area contributed by atoms with E-state index in [1.807, 2.05) is 24.4 Å². The molecule has 4 N–H and O–H groups in total. The van der Waals surface area contributed by atoms with Crippen molar-refractivity contribution in [1.29, 1.82) is 0 Å². The Hall–Kier alpha value is -2.62. The minimum absolute atomic E-state index is 0. The Morgan fingerprint density at radius 3 is 2.75 bits per heavy atom. The van der Waals surface area contributed by atoms with Crippen molar-refractivity contribution in [3.05, 3.63) is 66.1 Å². The molecule has 0 aliphatic carbocycles. The SMILES string of the molecule is CN=C(NCCc1c[nH]c2ccccc12)NCC(=O)Nc1cccc(F)c1.I. The van der Waals surface area contributed by atoms with E-state index >= 15 is 0 Å². The maximum absolute atomic E-state index is 13.1. The molecule has 1 heterocycles. The van der Waals surface area contributed by atoms with Crippen molar-refractivity contribution in [2.24, 2.45) is 4.99 Å². The Kier molecular flexibility index (Phi) is 8.24. The fraction of sp³-hybridized carbons (Fsp3) is 0.200. The number of para-hydroxylation sites is 1. The summed E-state index contributed by atoms with van der Waals surface area (Å²) < 4.78 is 13.1. The number of hydrogen-bond donors (Lipinski definition) is 4. The minimum atomic E-state index is -0.393. The van der Waals surface area contributed by atoms with Gasteiger partial charge in [0.2, 0.25) is 5.91 Å². The van der Waals surface area contributed by atoms with E-state index in [0.29, 0.717) is 18.2 Å². The lowest BCUT2D eigenvalue weighted by atomic mass is 10.1. The van der Waals surface area contributed by atoms with Gasteiger partial charge < -0.3 is 20.9 Å². The van der Waals surface area contributed by atoms with Gasteiger partial charge >= 0.3 is 0 Å². The highest BCUT2D eigenvalue weighted by atomic mass is 127. The summed E-state index contributed by atoms with van der Waals surface area (Å²) in [7, 11) is 1.64. The largest absolute Gasteiger partial charge is 0.361 e. The standard InChI is InChI=1S/C20H22FN5O.HI/c1-22-20(25-13-19(27)26-16-6-4-5-15(21)11-16)23-10-9-14-12-24-18-8-3-2-7-17(14)18;/h2-8,11-12,24H,9-10,13H2,1H3,(H,26,27)(H2,22,23,25);1H. The van der Waals surface area contributed by atoms with Crippen LogP contribution in [0.1, 0.15) is 5.56 Å². The van der Waals surface area contributed by atoms with E-state index in [4.69, 9.17) is 0 Å². The fourth-order valence-corrected chi connectivity index (χ4v) is 2.81. The predicted octanol–water partition coefficient (Wildman–Crippen LogP) is 3.27. The summed E-state index contributed by atoms with van der Waals surface area (Å²) in [4.78, 5) is 19.3. The fourth-order valence-electron chi connectivity index (χ4n) is 2.81. The van der Waals surface area contributed by atoms with Crippen LogP contribution in [0, 0.1) is 5.82 Å². The first-order chi connectivity index (χ1) is 13.2. The number of amides is 1. The van der Waals surface area contributed by atoms with E-state index < -0.39 is 5.82 Å². The Morgan fingerprint density at radius 1 is 1.14 bits per heavy atom. The summed E-state index contributed by atoms with van der Waals surface area (Å²) in [5.41, 5.74) is 2.76. The molecule has 0 radical (unpaired) electrons. The van der Waals surface area contributed by atoms with Crippen LogP contribution in [0.25, 0.3) is 10.9 Å². The monoisotopic (exact) mass is 495 g/mol. The maximum atomic E-state index is 13.1. The molecule has 0 aliphatic rings. The lowest BCUT2D eigenvalue weighted by Crippen LogP contribution is -2.42. The van der Waals surface area contributed by atoms with Crippen molar-refractivity contribution in [2.75, 3.05) is 25.5 Å². The lowest BCUT2D eigenvalue weighted by Gasteiger charge is -2.12. The van der Waals surface area contributed by atoms with E-state index in [0.717, 1.165) is 11.9 Å². The first-order valence-electron chi connectivity index (χ1n) is 8.70. The van der Waals surface area contributed by atoms with Crippen LogP contribution in [-0.4, -0.2) is 37.0 Å². The number of carbonyl (C=O) groups is 1. The number of guanidine groups is 1. The van der Waals surface area contributed by atoms with Crippen LogP contribution >= 0.6 is 24.0 Å². The number of hydrogen-bond acceptors (Lipinski definition) is 2. The Morgan fingerprint density at radius 2 is 1.96 bits per heavy atom. The Balaban J connectivity index is 0.00000280. The molecule has 6 nitrogen and oxygen atoms in total. The van der Waals surface area contributed by atoms with Gasteiger partial charge in [-0.25, -0.2) is 4.39 Å². The number of aromatic amines is 1. The van der Waals surface area contributed by atoms with Gasteiger partial charge in [0.15, 0.2) is 5.96 Å². The second-order valence-electron chi connectivity index (χ2n) is 6.02. The number of carbonyl (C=O) groups excluding carboxylic acids is 1.